The van der Waals surface area contributed by atoms with Gasteiger partial charge < -0.3 is 15.0 Å². The molecule has 1 aromatic carbocycles. The van der Waals surface area contributed by atoms with Crippen molar-refractivity contribution in [3.05, 3.63) is 29.8 Å². The fourth-order valence-electron chi connectivity index (χ4n) is 3.76. The fraction of sp³-hybridized carbons (Fsp3) is 0.619. The number of likely N-dealkylation sites (tertiary alicyclic amines) is 1. The van der Waals surface area contributed by atoms with Gasteiger partial charge in [-0.1, -0.05) is 12.1 Å². The summed E-state index contributed by atoms with van der Waals surface area (Å²) < 4.78 is 5.13. The van der Waals surface area contributed by atoms with Gasteiger partial charge in [-0.3, -0.25) is 14.4 Å². The summed E-state index contributed by atoms with van der Waals surface area (Å²) in [7, 11) is 1.63. The minimum atomic E-state index is 0.0137. The van der Waals surface area contributed by atoms with E-state index in [0.717, 1.165) is 56.8 Å². The number of hydrogen-bond acceptors (Lipinski definition) is 5. The van der Waals surface area contributed by atoms with Crippen molar-refractivity contribution in [1.82, 2.24) is 15.3 Å². The van der Waals surface area contributed by atoms with Gasteiger partial charge in [-0.2, -0.15) is 5.06 Å². The van der Waals surface area contributed by atoms with Crippen molar-refractivity contribution in [2.45, 2.75) is 32.1 Å². The molecule has 2 saturated heterocycles. The molecule has 7 nitrogen and oxygen atoms in total. The van der Waals surface area contributed by atoms with Crippen LogP contribution in [0.2, 0.25) is 0 Å². The Hall–Kier alpha value is -2.12. The van der Waals surface area contributed by atoms with E-state index < -0.39 is 0 Å². The number of methoxy groups -OCH3 is 1. The average molecular weight is 389 g/mol. The molecule has 2 aliphatic heterocycles. The molecule has 28 heavy (non-hydrogen) atoms. The lowest BCUT2D eigenvalue weighted by molar-refractivity contribution is -0.140. The van der Waals surface area contributed by atoms with Crippen molar-refractivity contribution in [3.63, 3.8) is 0 Å². The first-order valence-corrected chi connectivity index (χ1v) is 10.2. The van der Waals surface area contributed by atoms with Crippen molar-refractivity contribution in [1.29, 1.82) is 0 Å². The summed E-state index contributed by atoms with van der Waals surface area (Å²) in [5.41, 5.74) is 0.961. The summed E-state index contributed by atoms with van der Waals surface area (Å²) in [6, 6.07) is 7.54. The largest absolute Gasteiger partial charge is 0.497 e. The molecular weight excluding hydrogens is 358 g/mol. The third-order valence-electron chi connectivity index (χ3n) is 5.38. The van der Waals surface area contributed by atoms with E-state index in [2.05, 4.69) is 5.32 Å². The third kappa shape index (κ3) is 6.21. The fourth-order valence-corrected chi connectivity index (χ4v) is 3.76. The lowest BCUT2D eigenvalue weighted by Crippen LogP contribution is -2.44. The number of benzene rings is 1. The molecule has 0 saturated carbocycles. The van der Waals surface area contributed by atoms with E-state index in [1.54, 1.807) is 7.11 Å². The highest BCUT2D eigenvalue weighted by Crippen LogP contribution is 2.17. The molecule has 0 unspecified atom stereocenters. The number of ether oxygens (including phenoxy) is 1. The molecule has 7 heteroatoms. The smallest absolute Gasteiger partial charge is 0.224 e. The first-order valence-electron chi connectivity index (χ1n) is 10.2. The van der Waals surface area contributed by atoms with Gasteiger partial charge in [0, 0.05) is 39.1 Å². The van der Waals surface area contributed by atoms with E-state index in [1.807, 2.05) is 34.2 Å². The van der Waals surface area contributed by atoms with Gasteiger partial charge in [-0.05, 0) is 42.9 Å². The number of carbonyl (C=O) groups is 2. The second-order valence-electron chi connectivity index (χ2n) is 7.54. The van der Waals surface area contributed by atoms with E-state index in [0.29, 0.717) is 31.8 Å². The molecule has 0 radical (unpaired) electrons. The molecule has 2 aliphatic rings. The van der Waals surface area contributed by atoms with Crippen molar-refractivity contribution in [3.8, 4) is 5.75 Å². The van der Waals surface area contributed by atoms with E-state index in [9.17, 15) is 9.59 Å². The topological polar surface area (TPSA) is 71.1 Å². The number of hydroxylamine groups is 2. The average Bonchev–Trinajstić information content (AvgIpc) is 3.25. The van der Waals surface area contributed by atoms with Crippen molar-refractivity contribution in [2.75, 3.05) is 46.4 Å². The van der Waals surface area contributed by atoms with Crippen LogP contribution in [-0.2, 0) is 20.8 Å². The summed E-state index contributed by atoms with van der Waals surface area (Å²) in [5, 5.41) is 4.92. The Morgan fingerprint density at radius 3 is 2.75 bits per heavy atom. The van der Waals surface area contributed by atoms with Crippen molar-refractivity contribution >= 4 is 11.8 Å². The SMILES string of the molecule is COc1ccc(CC(=O)NC[C@@H]2CCCN(C(=O)CCN3CCCO3)C2)cc1. The van der Waals surface area contributed by atoms with Gasteiger partial charge in [0.2, 0.25) is 11.8 Å². The minimum Gasteiger partial charge on any atom is -0.497 e. The Bertz CT molecular complexity index is 644. The summed E-state index contributed by atoms with van der Waals surface area (Å²) in [6.07, 6.45) is 3.93. The van der Waals surface area contributed by atoms with Crippen molar-refractivity contribution in [2.24, 2.45) is 5.92 Å². The summed E-state index contributed by atoms with van der Waals surface area (Å²) in [4.78, 5) is 32.1. The van der Waals surface area contributed by atoms with Gasteiger partial charge in [0.1, 0.15) is 5.75 Å². The number of amides is 2. The van der Waals surface area contributed by atoms with Gasteiger partial charge in [0.05, 0.1) is 20.1 Å². The minimum absolute atomic E-state index is 0.0137. The van der Waals surface area contributed by atoms with Crippen LogP contribution >= 0.6 is 0 Å². The maximum absolute atomic E-state index is 12.5. The Morgan fingerprint density at radius 2 is 2.04 bits per heavy atom. The van der Waals surface area contributed by atoms with Crippen molar-refractivity contribution < 1.29 is 19.2 Å². The van der Waals surface area contributed by atoms with E-state index in [-0.39, 0.29) is 11.8 Å². The quantitative estimate of drug-likeness (QED) is 0.732. The van der Waals surface area contributed by atoms with Crippen LogP contribution < -0.4 is 10.1 Å². The molecule has 0 aliphatic carbocycles. The zero-order chi connectivity index (χ0) is 19.8. The predicted octanol–water partition coefficient (Wildman–Crippen LogP) is 1.62. The molecule has 0 bridgehead atoms. The molecule has 2 amide bonds. The Morgan fingerprint density at radius 1 is 1.21 bits per heavy atom. The van der Waals surface area contributed by atoms with Gasteiger partial charge in [-0.15, -0.1) is 0 Å². The predicted molar refractivity (Wildman–Crippen MR) is 106 cm³/mol. The molecule has 2 heterocycles. The number of nitrogens with zero attached hydrogens (tertiary/aromatic N) is 2. The lowest BCUT2D eigenvalue weighted by Gasteiger charge is -2.33. The number of nitrogens with one attached hydrogen (secondary N) is 1. The maximum atomic E-state index is 12.5. The van der Waals surface area contributed by atoms with Crippen LogP contribution in [0, 0.1) is 5.92 Å². The van der Waals surface area contributed by atoms with Crippen LogP contribution in [-0.4, -0.2) is 68.2 Å². The molecule has 2 fully saturated rings. The normalized spacial score (nSPS) is 20.2. The molecule has 0 spiro atoms. The molecular formula is C21H31N3O4. The zero-order valence-corrected chi connectivity index (χ0v) is 16.7. The Kier molecular flexibility index (Phi) is 7.68. The summed E-state index contributed by atoms with van der Waals surface area (Å²) in [6.45, 7) is 4.50. The van der Waals surface area contributed by atoms with Crippen LogP contribution in [0.4, 0.5) is 0 Å². The third-order valence-corrected chi connectivity index (χ3v) is 5.38. The molecule has 1 N–H and O–H groups in total. The van der Waals surface area contributed by atoms with E-state index >= 15 is 0 Å². The van der Waals surface area contributed by atoms with Gasteiger partial charge in [0.25, 0.3) is 0 Å². The molecule has 154 valence electrons. The number of carbonyl (C=O) groups excluding carboxylic acids is 2. The first kappa shape index (κ1) is 20.6. The van der Waals surface area contributed by atoms with E-state index in [4.69, 9.17) is 9.57 Å². The van der Waals surface area contributed by atoms with E-state index in [1.165, 1.54) is 0 Å². The summed E-state index contributed by atoms with van der Waals surface area (Å²) >= 11 is 0. The van der Waals surface area contributed by atoms with Crippen LogP contribution in [0.15, 0.2) is 24.3 Å². The highest BCUT2D eigenvalue weighted by atomic mass is 16.7. The van der Waals surface area contributed by atoms with Crippen LogP contribution in [0.3, 0.4) is 0 Å². The van der Waals surface area contributed by atoms with Gasteiger partial charge in [-0.25, -0.2) is 0 Å². The summed E-state index contributed by atoms with van der Waals surface area (Å²) in [5.74, 6) is 1.30. The first-order chi connectivity index (χ1) is 13.6. The van der Waals surface area contributed by atoms with Gasteiger partial charge >= 0.3 is 0 Å². The molecule has 1 aromatic rings. The maximum Gasteiger partial charge on any atom is 0.224 e. The molecule has 3 rings (SSSR count). The number of rotatable bonds is 8. The van der Waals surface area contributed by atoms with Gasteiger partial charge in [0.15, 0.2) is 0 Å². The van der Waals surface area contributed by atoms with Crippen LogP contribution in [0.5, 0.6) is 5.75 Å². The zero-order valence-electron chi connectivity index (χ0n) is 16.7. The second-order valence-corrected chi connectivity index (χ2v) is 7.54. The molecule has 0 aromatic heterocycles. The highest BCUT2D eigenvalue weighted by molar-refractivity contribution is 5.78. The highest BCUT2D eigenvalue weighted by Gasteiger charge is 2.24. The van der Waals surface area contributed by atoms with Crippen LogP contribution in [0.1, 0.15) is 31.2 Å². The Balaban J connectivity index is 1.37. The number of piperidine rings is 1. The lowest BCUT2D eigenvalue weighted by atomic mass is 9.97. The van der Waals surface area contributed by atoms with Crippen LogP contribution in [0.25, 0.3) is 0 Å². The standard InChI is InChI=1S/C21H31N3O4/c1-27-19-7-5-17(6-8-19)14-20(25)22-15-18-4-2-10-23(16-18)21(26)9-12-24-11-3-13-28-24/h5-8,18H,2-4,9-16H2,1H3,(H,22,25)/t18-/m0/s1. The Labute approximate surface area is 166 Å². The second kappa shape index (κ2) is 10.4. The monoisotopic (exact) mass is 389 g/mol. The molecule has 1 atom stereocenters. The number of hydrogen-bond donors (Lipinski definition) is 1.